The van der Waals surface area contributed by atoms with E-state index in [1.165, 1.54) is 0 Å². The van der Waals surface area contributed by atoms with Crippen LogP contribution in [0.2, 0.25) is 5.02 Å². The molecule has 86 valence electrons. The molecule has 1 aromatic heterocycles. The van der Waals surface area contributed by atoms with Crippen LogP contribution in [-0.4, -0.2) is 25.1 Å². The molecule has 0 radical (unpaired) electrons. The van der Waals surface area contributed by atoms with Crippen molar-refractivity contribution in [3.63, 3.8) is 0 Å². The van der Waals surface area contributed by atoms with Gasteiger partial charge in [0.25, 0.3) is 0 Å². The summed E-state index contributed by atoms with van der Waals surface area (Å²) in [5.41, 5.74) is 1.07. The summed E-state index contributed by atoms with van der Waals surface area (Å²) in [5, 5.41) is 3.85. The van der Waals surface area contributed by atoms with Gasteiger partial charge in [0.2, 0.25) is 0 Å². The number of hydrogen-bond acceptors (Lipinski definition) is 3. The number of terminal acetylenes is 1. The molecule has 0 amide bonds. The minimum atomic E-state index is 0.499. The first kappa shape index (κ1) is 12.8. The molecule has 0 saturated carbocycles. The van der Waals surface area contributed by atoms with Crippen molar-refractivity contribution in [1.82, 2.24) is 10.3 Å². The zero-order valence-electron chi connectivity index (χ0n) is 9.63. The number of hydrogen-bond donors (Lipinski definition) is 1. The van der Waals surface area contributed by atoms with Gasteiger partial charge in [-0.15, -0.1) is 6.42 Å². The molecule has 0 atom stereocenters. The summed E-state index contributed by atoms with van der Waals surface area (Å²) in [7, 11) is 1.87. The molecule has 4 heteroatoms. The maximum atomic E-state index is 6.14. The molecule has 0 aliphatic carbocycles. The lowest BCUT2D eigenvalue weighted by Gasteiger charge is -2.16. The zero-order valence-corrected chi connectivity index (χ0v) is 10.4. The van der Waals surface area contributed by atoms with Gasteiger partial charge in [0.05, 0.1) is 11.6 Å². The molecule has 0 aliphatic heterocycles. The van der Waals surface area contributed by atoms with E-state index in [-0.39, 0.29) is 0 Å². The highest BCUT2D eigenvalue weighted by molar-refractivity contribution is 6.33. The molecule has 0 spiro atoms. The minimum absolute atomic E-state index is 0.499. The van der Waals surface area contributed by atoms with E-state index in [2.05, 4.69) is 23.1 Å². The third-order valence-electron chi connectivity index (χ3n) is 2.15. The van der Waals surface area contributed by atoms with Gasteiger partial charge in [-0.2, -0.15) is 0 Å². The van der Waals surface area contributed by atoms with Crippen molar-refractivity contribution in [2.75, 3.05) is 25.0 Å². The van der Waals surface area contributed by atoms with E-state index < -0.39 is 0 Å². The first-order chi connectivity index (χ1) is 7.69. The standard InChI is InChI=1S/C12H16ClN3/c1-4-6-16(3)12-11(13)7-10(9-15-12)8-14-5-2/h1,7,9,14H,5-6,8H2,2-3H3. The largest absolute Gasteiger partial charge is 0.347 e. The quantitative estimate of drug-likeness (QED) is 0.794. The van der Waals surface area contributed by atoms with Crippen LogP contribution in [0.5, 0.6) is 0 Å². The van der Waals surface area contributed by atoms with E-state index in [0.29, 0.717) is 11.6 Å². The van der Waals surface area contributed by atoms with Crippen LogP contribution in [0.25, 0.3) is 0 Å². The molecule has 1 N–H and O–H groups in total. The van der Waals surface area contributed by atoms with Crippen LogP contribution in [0.4, 0.5) is 5.82 Å². The molecule has 0 bridgehead atoms. The predicted molar refractivity (Wildman–Crippen MR) is 68.7 cm³/mol. The Labute approximate surface area is 102 Å². The smallest absolute Gasteiger partial charge is 0.147 e. The van der Waals surface area contributed by atoms with E-state index in [1.807, 2.05) is 24.2 Å². The van der Waals surface area contributed by atoms with Gasteiger partial charge in [-0.3, -0.25) is 0 Å². The number of halogens is 1. The highest BCUT2D eigenvalue weighted by atomic mass is 35.5. The van der Waals surface area contributed by atoms with Gasteiger partial charge in [0.1, 0.15) is 5.82 Å². The van der Waals surface area contributed by atoms with Gasteiger partial charge in [-0.25, -0.2) is 4.98 Å². The Morgan fingerprint density at radius 3 is 2.94 bits per heavy atom. The predicted octanol–water partition coefficient (Wildman–Crippen LogP) is 1.91. The molecule has 1 heterocycles. The molecule has 1 rings (SSSR count). The van der Waals surface area contributed by atoms with Crippen LogP contribution < -0.4 is 10.2 Å². The Balaban J connectivity index is 2.79. The fourth-order valence-corrected chi connectivity index (χ4v) is 1.66. The van der Waals surface area contributed by atoms with Gasteiger partial charge < -0.3 is 10.2 Å². The Hall–Kier alpha value is -1.24. The minimum Gasteiger partial charge on any atom is -0.347 e. The van der Waals surface area contributed by atoms with Crippen LogP contribution in [0, 0.1) is 12.3 Å². The molecule has 0 aromatic carbocycles. The lowest BCUT2D eigenvalue weighted by Crippen LogP contribution is -2.19. The van der Waals surface area contributed by atoms with Gasteiger partial charge in [0.15, 0.2) is 0 Å². The second-order valence-corrected chi connectivity index (χ2v) is 3.90. The third-order valence-corrected chi connectivity index (χ3v) is 2.43. The van der Waals surface area contributed by atoms with Crippen molar-refractivity contribution in [3.8, 4) is 12.3 Å². The molecule has 0 fully saturated rings. The summed E-state index contributed by atoms with van der Waals surface area (Å²) in [6.07, 6.45) is 7.06. The van der Waals surface area contributed by atoms with Gasteiger partial charge in [-0.05, 0) is 18.2 Å². The Morgan fingerprint density at radius 2 is 2.38 bits per heavy atom. The number of aromatic nitrogens is 1. The van der Waals surface area contributed by atoms with E-state index in [0.717, 1.165) is 24.5 Å². The molecular weight excluding hydrogens is 222 g/mol. The average Bonchev–Trinajstić information content (AvgIpc) is 2.26. The lowest BCUT2D eigenvalue weighted by molar-refractivity contribution is 0.724. The SMILES string of the molecule is C#CCN(C)c1ncc(CNCC)cc1Cl. The van der Waals surface area contributed by atoms with Crippen LogP contribution in [0.15, 0.2) is 12.3 Å². The lowest BCUT2D eigenvalue weighted by atomic mass is 10.2. The van der Waals surface area contributed by atoms with Crippen molar-refractivity contribution in [2.45, 2.75) is 13.5 Å². The van der Waals surface area contributed by atoms with Gasteiger partial charge in [0, 0.05) is 19.8 Å². The summed E-state index contributed by atoms with van der Waals surface area (Å²) in [6.45, 7) is 4.27. The van der Waals surface area contributed by atoms with E-state index in [9.17, 15) is 0 Å². The molecular formula is C12H16ClN3. The number of rotatable bonds is 5. The molecule has 3 nitrogen and oxygen atoms in total. The summed E-state index contributed by atoms with van der Waals surface area (Å²) in [4.78, 5) is 6.15. The van der Waals surface area contributed by atoms with Crippen molar-refractivity contribution in [1.29, 1.82) is 0 Å². The Kier molecular flexibility index (Phi) is 5.10. The van der Waals surface area contributed by atoms with Crippen LogP contribution in [0.3, 0.4) is 0 Å². The molecule has 0 aliphatic rings. The van der Waals surface area contributed by atoms with E-state index in [1.54, 1.807) is 0 Å². The number of pyridine rings is 1. The first-order valence-corrected chi connectivity index (χ1v) is 5.56. The average molecular weight is 238 g/mol. The van der Waals surface area contributed by atoms with Crippen molar-refractivity contribution >= 4 is 17.4 Å². The molecule has 0 saturated heterocycles. The van der Waals surface area contributed by atoms with Crippen molar-refractivity contribution in [3.05, 3.63) is 22.8 Å². The Bertz CT molecular complexity index is 384. The Morgan fingerprint density at radius 1 is 1.62 bits per heavy atom. The second kappa shape index (κ2) is 6.37. The maximum Gasteiger partial charge on any atom is 0.147 e. The third kappa shape index (κ3) is 3.41. The zero-order chi connectivity index (χ0) is 12.0. The fourth-order valence-electron chi connectivity index (χ4n) is 1.33. The fraction of sp³-hybridized carbons (Fsp3) is 0.417. The molecule has 0 unspecified atom stereocenters. The van der Waals surface area contributed by atoms with Gasteiger partial charge in [-0.1, -0.05) is 24.4 Å². The van der Waals surface area contributed by atoms with Crippen LogP contribution in [-0.2, 0) is 6.54 Å². The van der Waals surface area contributed by atoms with E-state index >= 15 is 0 Å². The summed E-state index contributed by atoms with van der Waals surface area (Å²) >= 11 is 6.14. The second-order valence-electron chi connectivity index (χ2n) is 3.49. The maximum absolute atomic E-state index is 6.14. The van der Waals surface area contributed by atoms with Crippen molar-refractivity contribution in [2.24, 2.45) is 0 Å². The molecule has 1 aromatic rings. The number of nitrogens with zero attached hydrogens (tertiary/aromatic N) is 2. The molecule has 16 heavy (non-hydrogen) atoms. The highest BCUT2D eigenvalue weighted by Crippen LogP contribution is 2.22. The summed E-state index contributed by atoms with van der Waals surface area (Å²) < 4.78 is 0. The van der Waals surface area contributed by atoms with Crippen LogP contribution >= 0.6 is 11.6 Å². The monoisotopic (exact) mass is 237 g/mol. The van der Waals surface area contributed by atoms with Crippen molar-refractivity contribution < 1.29 is 0 Å². The van der Waals surface area contributed by atoms with Gasteiger partial charge >= 0.3 is 0 Å². The normalized spacial score (nSPS) is 9.88. The first-order valence-electron chi connectivity index (χ1n) is 5.18. The summed E-state index contributed by atoms with van der Waals surface area (Å²) in [5.74, 6) is 3.28. The summed E-state index contributed by atoms with van der Waals surface area (Å²) in [6, 6.07) is 1.92. The topological polar surface area (TPSA) is 28.2 Å². The van der Waals surface area contributed by atoms with E-state index in [4.69, 9.17) is 18.0 Å². The highest BCUT2D eigenvalue weighted by Gasteiger charge is 2.07. The van der Waals surface area contributed by atoms with Crippen LogP contribution in [0.1, 0.15) is 12.5 Å². The number of anilines is 1. The number of nitrogens with one attached hydrogen (secondary N) is 1.